The van der Waals surface area contributed by atoms with E-state index in [1.807, 2.05) is 42.5 Å². The summed E-state index contributed by atoms with van der Waals surface area (Å²) in [5, 5.41) is 7.96. The zero-order chi connectivity index (χ0) is 24.2. The van der Waals surface area contributed by atoms with Crippen LogP contribution in [0, 0.1) is 6.92 Å². The van der Waals surface area contributed by atoms with Gasteiger partial charge in [-0.05, 0) is 86.7 Å². The molecule has 0 bridgehead atoms. The highest BCUT2D eigenvalue weighted by molar-refractivity contribution is 9.10. The molecule has 5 rings (SSSR count). The Morgan fingerprint density at radius 3 is 2.51 bits per heavy atom. The fourth-order valence-electron chi connectivity index (χ4n) is 4.54. The smallest absolute Gasteiger partial charge is 0.257 e. The van der Waals surface area contributed by atoms with Gasteiger partial charge in [0.2, 0.25) is 5.88 Å². The van der Waals surface area contributed by atoms with E-state index >= 15 is 0 Å². The molecule has 0 unspecified atom stereocenters. The van der Waals surface area contributed by atoms with Crippen LogP contribution < -0.4 is 15.4 Å². The van der Waals surface area contributed by atoms with Crippen molar-refractivity contribution in [3.63, 3.8) is 0 Å². The summed E-state index contributed by atoms with van der Waals surface area (Å²) in [4.78, 5) is 22.1. The Balaban J connectivity index is 1.18. The van der Waals surface area contributed by atoms with E-state index in [-0.39, 0.29) is 11.9 Å². The van der Waals surface area contributed by atoms with Crippen molar-refractivity contribution in [2.45, 2.75) is 44.7 Å². The molecule has 1 amide bonds. The predicted octanol–water partition coefficient (Wildman–Crippen LogP) is 6.65. The molecule has 6 nitrogen and oxygen atoms in total. The minimum atomic E-state index is -0.159. The number of aryl methyl sites for hydroxylation is 1. The first kappa shape index (κ1) is 23.3. The molecule has 0 saturated heterocycles. The van der Waals surface area contributed by atoms with Gasteiger partial charge in [0.05, 0.1) is 5.52 Å². The van der Waals surface area contributed by atoms with Crippen LogP contribution in [0.15, 0.2) is 77.4 Å². The van der Waals surface area contributed by atoms with Crippen molar-refractivity contribution in [2.24, 2.45) is 0 Å². The molecule has 0 atom stereocenters. The fraction of sp³-hybridized carbons (Fsp3) is 0.250. The molecular weight excluding hydrogens is 504 g/mol. The van der Waals surface area contributed by atoms with Crippen LogP contribution >= 0.6 is 15.9 Å². The summed E-state index contributed by atoms with van der Waals surface area (Å²) >= 11 is 3.42. The van der Waals surface area contributed by atoms with Crippen LogP contribution in [0.2, 0.25) is 0 Å². The van der Waals surface area contributed by atoms with Gasteiger partial charge in [-0.1, -0.05) is 34.1 Å². The van der Waals surface area contributed by atoms with Crippen LogP contribution in [0.1, 0.15) is 41.6 Å². The number of amides is 1. The maximum atomic E-state index is 13.0. The molecule has 7 heteroatoms. The number of nitrogens with one attached hydrogen (secondary N) is 2. The molecule has 4 aromatic rings. The Morgan fingerprint density at radius 1 is 0.971 bits per heavy atom. The zero-order valence-electron chi connectivity index (χ0n) is 19.5. The number of carbonyl (C=O) groups is 1. The lowest BCUT2D eigenvalue weighted by Gasteiger charge is -2.30. The van der Waals surface area contributed by atoms with Crippen LogP contribution in [0.3, 0.4) is 0 Å². The number of benzene rings is 2. The van der Waals surface area contributed by atoms with Crippen LogP contribution in [0.4, 0.5) is 5.82 Å². The molecule has 35 heavy (non-hydrogen) atoms. The molecule has 0 spiro atoms. The van der Waals surface area contributed by atoms with Crippen LogP contribution in [0.25, 0.3) is 10.9 Å². The van der Waals surface area contributed by atoms with E-state index in [0.717, 1.165) is 41.5 Å². The van der Waals surface area contributed by atoms with Gasteiger partial charge in [0.15, 0.2) is 0 Å². The van der Waals surface area contributed by atoms with Gasteiger partial charge in [-0.2, -0.15) is 0 Å². The lowest BCUT2D eigenvalue weighted by molar-refractivity contribution is 0.0923. The first-order valence-electron chi connectivity index (χ1n) is 11.9. The summed E-state index contributed by atoms with van der Waals surface area (Å²) in [6.07, 6.45) is 5.37. The summed E-state index contributed by atoms with van der Waals surface area (Å²) in [7, 11) is 0. The number of aromatic nitrogens is 2. The van der Waals surface area contributed by atoms with Crippen molar-refractivity contribution in [1.29, 1.82) is 0 Å². The van der Waals surface area contributed by atoms with E-state index < -0.39 is 0 Å². The third-order valence-electron chi connectivity index (χ3n) is 6.38. The third kappa shape index (κ3) is 5.62. The number of pyridine rings is 2. The number of anilines is 1. The van der Waals surface area contributed by atoms with Crippen LogP contribution in [0.5, 0.6) is 11.6 Å². The van der Waals surface area contributed by atoms with Crippen molar-refractivity contribution >= 4 is 38.6 Å². The Kier molecular flexibility index (Phi) is 6.95. The SMILES string of the molecule is Cc1cc(N[C@H]2CC[C@@H](NC(=O)c3cccnc3Oc3ccc(Br)cc3)CC2)nc2ccccc12. The third-order valence-corrected chi connectivity index (χ3v) is 6.91. The monoisotopic (exact) mass is 530 g/mol. The standard InChI is InChI=1S/C28H27BrN4O2/c1-18-17-26(33-25-7-3-2-5-23(18)25)31-20-10-12-21(13-11-20)32-27(34)24-6-4-16-30-28(24)35-22-14-8-19(29)9-15-22/h2-9,14-17,20-21H,10-13H2,1H3,(H,31,33)(H,32,34)/t20-,21+. The molecular formula is C28H27BrN4O2. The van der Waals surface area contributed by atoms with E-state index in [4.69, 9.17) is 9.72 Å². The number of halogens is 1. The number of carbonyl (C=O) groups excluding carboxylic acids is 1. The van der Waals surface area contributed by atoms with Gasteiger partial charge < -0.3 is 15.4 Å². The van der Waals surface area contributed by atoms with E-state index in [1.165, 1.54) is 10.9 Å². The Morgan fingerprint density at radius 2 is 1.71 bits per heavy atom. The zero-order valence-corrected chi connectivity index (χ0v) is 21.1. The number of hydrogen-bond acceptors (Lipinski definition) is 5. The lowest BCUT2D eigenvalue weighted by atomic mass is 9.91. The van der Waals surface area contributed by atoms with Gasteiger partial charge >= 0.3 is 0 Å². The average Bonchev–Trinajstić information content (AvgIpc) is 2.87. The normalized spacial score (nSPS) is 17.7. The number of fused-ring (bicyclic) bond motifs is 1. The first-order valence-corrected chi connectivity index (χ1v) is 12.7. The second-order valence-electron chi connectivity index (χ2n) is 8.92. The summed E-state index contributed by atoms with van der Waals surface area (Å²) in [5.74, 6) is 1.69. The molecule has 1 saturated carbocycles. The van der Waals surface area contributed by atoms with Crippen molar-refractivity contribution in [3.8, 4) is 11.6 Å². The van der Waals surface area contributed by atoms with Crippen molar-refractivity contribution < 1.29 is 9.53 Å². The number of rotatable bonds is 6. The summed E-state index contributed by atoms with van der Waals surface area (Å²) < 4.78 is 6.85. The number of nitrogens with zero attached hydrogens (tertiary/aromatic N) is 2. The Labute approximate surface area is 213 Å². The highest BCUT2D eigenvalue weighted by Gasteiger charge is 2.24. The van der Waals surface area contributed by atoms with E-state index in [0.29, 0.717) is 23.2 Å². The highest BCUT2D eigenvalue weighted by Crippen LogP contribution is 2.27. The average molecular weight is 531 g/mol. The highest BCUT2D eigenvalue weighted by atomic mass is 79.9. The van der Waals surface area contributed by atoms with E-state index in [1.54, 1.807) is 18.3 Å². The minimum Gasteiger partial charge on any atom is -0.438 e. The van der Waals surface area contributed by atoms with Gasteiger partial charge in [-0.25, -0.2) is 9.97 Å². The number of ether oxygens (including phenoxy) is 1. The molecule has 2 aromatic heterocycles. The molecule has 1 aliphatic carbocycles. The fourth-order valence-corrected chi connectivity index (χ4v) is 4.80. The number of hydrogen-bond donors (Lipinski definition) is 2. The maximum absolute atomic E-state index is 13.0. The van der Waals surface area contributed by atoms with E-state index in [9.17, 15) is 4.79 Å². The summed E-state index contributed by atoms with van der Waals surface area (Å²) in [6, 6.07) is 21.7. The van der Waals surface area contributed by atoms with Gasteiger partial charge in [0, 0.05) is 28.1 Å². The molecule has 2 heterocycles. The second-order valence-corrected chi connectivity index (χ2v) is 9.84. The maximum Gasteiger partial charge on any atom is 0.257 e. The largest absolute Gasteiger partial charge is 0.438 e. The quantitative estimate of drug-likeness (QED) is 0.292. The summed E-state index contributed by atoms with van der Waals surface area (Å²) in [5.41, 5.74) is 2.66. The lowest BCUT2D eigenvalue weighted by Crippen LogP contribution is -2.40. The van der Waals surface area contributed by atoms with Gasteiger partial charge in [-0.15, -0.1) is 0 Å². The first-order chi connectivity index (χ1) is 17.0. The van der Waals surface area contributed by atoms with Crippen LogP contribution in [-0.2, 0) is 0 Å². The minimum absolute atomic E-state index is 0.118. The Bertz CT molecular complexity index is 1330. The summed E-state index contributed by atoms with van der Waals surface area (Å²) in [6.45, 7) is 2.12. The van der Waals surface area contributed by atoms with E-state index in [2.05, 4.69) is 50.6 Å². The van der Waals surface area contributed by atoms with Crippen molar-refractivity contribution in [3.05, 3.63) is 88.5 Å². The molecule has 0 aliphatic heterocycles. The molecule has 1 fully saturated rings. The second kappa shape index (κ2) is 10.4. The molecule has 2 N–H and O–H groups in total. The predicted molar refractivity (Wildman–Crippen MR) is 142 cm³/mol. The number of para-hydroxylation sites is 1. The Hall–Kier alpha value is -3.45. The van der Waals surface area contributed by atoms with Crippen molar-refractivity contribution in [1.82, 2.24) is 15.3 Å². The van der Waals surface area contributed by atoms with Gasteiger partial charge in [0.25, 0.3) is 5.91 Å². The molecule has 178 valence electrons. The molecule has 0 radical (unpaired) electrons. The molecule has 1 aliphatic rings. The van der Waals surface area contributed by atoms with Crippen LogP contribution in [-0.4, -0.2) is 28.0 Å². The molecule has 2 aromatic carbocycles. The van der Waals surface area contributed by atoms with Gasteiger partial charge in [0.1, 0.15) is 17.1 Å². The van der Waals surface area contributed by atoms with Crippen molar-refractivity contribution in [2.75, 3.05) is 5.32 Å². The van der Waals surface area contributed by atoms with Gasteiger partial charge in [-0.3, -0.25) is 4.79 Å². The topological polar surface area (TPSA) is 76.1 Å².